The number of carbonyl (C=O) groups is 2. The number of hydrogen-bond donors (Lipinski definition) is 3. The SMILES string of the molecule is CC1CC[NH+](C)CC1.CO.O=C/C=C/C(=O)O. The zero-order chi connectivity index (χ0) is 13.7. The molecule has 1 saturated heterocycles. The van der Waals surface area contributed by atoms with Gasteiger partial charge in [-0.2, -0.15) is 0 Å². The highest BCUT2D eigenvalue weighted by atomic mass is 16.4. The van der Waals surface area contributed by atoms with E-state index in [-0.39, 0.29) is 0 Å². The van der Waals surface area contributed by atoms with E-state index in [1.54, 1.807) is 4.90 Å². The number of carboxylic acid groups (broad SMARTS) is 1. The van der Waals surface area contributed by atoms with Crippen LogP contribution >= 0.6 is 0 Å². The maximum atomic E-state index is 9.51. The van der Waals surface area contributed by atoms with Gasteiger partial charge in [0.05, 0.1) is 20.1 Å². The van der Waals surface area contributed by atoms with Crippen LogP contribution in [-0.2, 0) is 9.59 Å². The van der Waals surface area contributed by atoms with Gasteiger partial charge in [0.25, 0.3) is 0 Å². The fourth-order valence-electron chi connectivity index (χ4n) is 1.38. The van der Waals surface area contributed by atoms with Crippen LogP contribution in [0.3, 0.4) is 0 Å². The average Bonchev–Trinajstić information content (AvgIpc) is 2.34. The largest absolute Gasteiger partial charge is 0.478 e. The zero-order valence-corrected chi connectivity index (χ0v) is 10.8. The number of aliphatic carboxylic acids is 1. The van der Waals surface area contributed by atoms with E-state index in [9.17, 15) is 9.59 Å². The molecule has 0 aromatic rings. The van der Waals surface area contributed by atoms with E-state index in [2.05, 4.69) is 14.0 Å². The number of piperidine rings is 1. The number of likely N-dealkylation sites (tertiary alicyclic amines) is 1. The van der Waals surface area contributed by atoms with Gasteiger partial charge >= 0.3 is 5.97 Å². The van der Waals surface area contributed by atoms with E-state index in [1.807, 2.05) is 0 Å². The fraction of sp³-hybridized carbons (Fsp3) is 0.667. The zero-order valence-electron chi connectivity index (χ0n) is 10.8. The molecule has 1 aliphatic rings. The Balaban J connectivity index is 0. The minimum Gasteiger partial charge on any atom is -0.478 e. The van der Waals surface area contributed by atoms with Crippen LogP contribution in [0.25, 0.3) is 0 Å². The van der Waals surface area contributed by atoms with E-state index >= 15 is 0 Å². The second kappa shape index (κ2) is 12.9. The number of aldehydes is 1. The Morgan fingerprint density at radius 1 is 1.29 bits per heavy atom. The summed E-state index contributed by atoms with van der Waals surface area (Å²) in [5.74, 6) is -0.106. The molecule has 0 spiro atoms. The van der Waals surface area contributed by atoms with Crippen molar-refractivity contribution >= 4 is 12.3 Å². The molecule has 100 valence electrons. The average molecular weight is 246 g/mol. The molecule has 1 rings (SSSR count). The lowest BCUT2D eigenvalue weighted by Gasteiger charge is -2.23. The van der Waals surface area contributed by atoms with Crippen molar-refractivity contribution in [3.63, 3.8) is 0 Å². The minimum atomic E-state index is -1.10. The molecule has 0 amide bonds. The molecule has 0 bridgehead atoms. The first kappa shape index (κ1) is 18.2. The molecule has 0 aromatic carbocycles. The normalized spacial score (nSPS) is 22.8. The van der Waals surface area contributed by atoms with Crippen molar-refractivity contribution in [1.29, 1.82) is 0 Å². The fourth-order valence-corrected chi connectivity index (χ4v) is 1.38. The van der Waals surface area contributed by atoms with Crippen molar-refractivity contribution in [3.05, 3.63) is 12.2 Å². The summed E-state index contributed by atoms with van der Waals surface area (Å²) in [6.45, 7) is 5.13. The molecule has 0 atom stereocenters. The van der Waals surface area contributed by atoms with Gasteiger partial charge in [0, 0.05) is 13.2 Å². The third-order valence-corrected chi connectivity index (χ3v) is 2.45. The lowest BCUT2D eigenvalue weighted by atomic mass is 10.00. The van der Waals surface area contributed by atoms with Crippen molar-refractivity contribution in [2.75, 3.05) is 27.2 Å². The van der Waals surface area contributed by atoms with Crippen LogP contribution in [0.2, 0.25) is 0 Å². The van der Waals surface area contributed by atoms with Crippen LogP contribution in [0.5, 0.6) is 0 Å². The van der Waals surface area contributed by atoms with Crippen molar-refractivity contribution in [2.24, 2.45) is 5.92 Å². The first-order valence-electron chi connectivity index (χ1n) is 5.67. The highest BCUT2D eigenvalue weighted by molar-refractivity contribution is 5.84. The standard InChI is InChI=1S/C7H15N.C4H4O3.CH4O/c1-7-3-5-8(2)6-4-7;5-3-1-2-4(6)7;1-2/h7H,3-6H2,1-2H3;1-3H,(H,6,7);2H,1H3/p+1/b;2-1+;. The second-order valence-corrected chi connectivity index (χ2v) is 3.97. The molecule has 3 N–H and O–H groups in total. The van der Waals surface area contributed by atoms with Gasteiger partial charge in [0.2, 0.25) is 0 Å². The summed E-state index contributed by atoms with van der Waals surface area (Å²) in [5.41, 5.74) is 0. The monoisotopic (exact) mass is 246 g/mol. The number of nitrogens with one attached hydrogen (secondary N) is 1. The van der Waals surface area contributed by atoms with Crippen molar-refractivity contribution in [3.8, 4) is 0 Å². The highest BCUT2D eigenvalue weighted by Crippen LogP contribution is 2.05. The third kappa shape index (κ3) is 14.8. The molecule has 0 aliphatic carbocycles. The molecule has 17 heavy (non-hydrogen) atoms. The topological polar surface area (TPSA) is 79.0 Å². The smallest absolute Gasteiger partial charge is 0.328 e. The molecular weight excluding hydrogens is 222 g/mol. The van der Waals surface area contributed by atoms with Crippen molar-refractivity contribution in [2.45, 2.75) is 19.8 Å². The number of carbonyl (C=O) groups excluding carboxylic acids is 1. The summed E-state index contributed by atoms with van der Waals surface area (Å²) in [6.07, 6.45) is 4.97. The molecule has 0 aromatic heterocycles. The number of carboxylic acids is 1. The van der Waals surface area contributed by atoms with E-state index in [4.69, 9.17) is 10.2 Å². The van der Waals surface area contributed by atoms with Gasteiger partial charge in [0.15, 0.2) is 0 Å². The first-order chi connectivity index (χ1) is 8.06. The van der Waals surface area contributed by atoms with Gasteiger partial charge in [0.1, 0.15) is 6.29 Å². The number of quaternary nitrogens is 1. The summed E-state index contributed by atoms with van der Waals surface area (Å²) in [5, 5.41) is 14.8. The summed E-state index contributed by atoms with van der Waals surface area (Å²) < 4.78 is 0. The molecule has 5 heteroatoms. The Morgan fingerprint density at radius 3 is 2.00 bits per heavy atom. The molecule has 0 saturated carbocycles. The molecule has 1 aliphatic heterocycles. The Bertz CT molecular complexity index is 211. The Morgan fingerprint density at radius 2 is 1.76 bits per heavy atom. The Kier molecular flexibility index (Phi) is 13.8. The van der Waals surface area contributed by atoms with Gasteiger partial charge < -0.3 is 15.1 Å². The van der Waals surface area contributed by atoms with Gasteiger partial charge in [-0.1, -0.05) is 6.92 Å². The predicted molar refractivity (Wildman–Crippen MR) is 66.0 cm³/mol. The van der Waals surface area contributed by atoms with Gasteiger partial charge in [-0.15, -0.1) is 0 Å². The number of hydrogen-bond acceptors (Lipinski definition) is 3. The Labute approximate surface area is 103 Å². The van der Waals surface area contributed by atoms with Crippen LogP contribution in [0.1, 0.15) is 19.8 Å². The summed E-state index contributed by atoms with van der Waals surface area (Å²) in [7, 11) is 3.28. The first-order valence-corrected chi connectivity index (χ1v) is 5.67. The van der Waals surface area contributed by atoms with Crippen LogP contribution in [-0.4, -0.2) is 49.7 Å². The van der Waals surface area contributed by atoms with Crippen LogP contribution in [0, 0.1) is 5.92 Å². The number of aliphatic hydroxyl groups is 1. The van der Waals surface area contributed by atoms with Gasteiger partial charge in [-0.3, -0.25) is 4.79 Å². The molecule has 0 radical (unpaired) electrons. The Hall–Kier alpha value is -1.20. The van der Waals surface area contributed by atoms with Gasteiger partial charge in [-0.05, 0) is 24.8 Å². The molecular formula is C12H24NO4+. The molecule has 1 fully saturated rings. The number of aliphatic hydroxyl groups excluding tert-OH is 1. The lowest BCUT2D eigenvalue weighted by Crippen LogP contribution is -3.10. The maximum absolute atomic E-state index is 9.51. The van der Waals surface area contributed by atoms with Crippen molar-refractivity contribution < 1.29 is 24.7 Å². The minimum absolute atomic E-state index is 0.411. The highest BCUT2D eigenvalue weighted by Gasteiger charge is 2.13. The van der Waals surface area contributed by atoms with E-state index < -0.39 is 5.97 Å². The maximum Gasteiger partial charge on any atom is 0.328 e. The predicted octanol–water partition coefficient (Wildman–Crippen LogP) is -0.634. The molecule has 1 heterocycles. The van der Waals surface area contributed by atoms with Crippen LogP contribution in [0.4, 0.5) is 0 Å². The van der Waals surface area contributed by atoms with E-state index in [0.717, 1.165) is 25.2 Å². The second-order valence-electron chi connectivity index (χ2n) is 3.97. The number of allylic oxidation sites excluding steroid dienone is 1. The van der Waals surface area contributed by atoms with Crippen molar-refractivity contribution in [1.82, 2.24) is 0 Å². The quantitative estimate of drug-likeness (QED) is 0.447. The lowest BCUT2D eigenvalue weighted by molar-refractivity contribution is -0.885. The summed E-state index contributed by atoms with van der Waals surface area (Å²) >= 11 is 0. The molecule has 0 unspecified atom stereocenters. The van der Waals surface area contributed by atoms with Gasteiger partial charge in [-0.25, -0.2) is 4.79 Å². The molecule has 5 nitrogen and oxygen atoms in total. The van der Waals surface area contributed by atoms with E-state index in [1.165, 1.54) is 25.9 Å². The summed E-state index contributed by atoms with van der Waals surface area (Å²) in [6, 6.07) is 0. The van der Waals surface area contributed by atoms with Crippen LogP contribution in [0.15, 0.2) is 12.2 Å². The third-order valence-electron chi connectivity index (χ3n) is 2.45. The van der Waals surface area contributed by atoms with E-state index in [0.29, 0.717) is 6.29 Å². The number of rotatable bonds is 2. The van der Waals surface area contributed by atoms with Crippen LogP contribution < -0.4 is 4.90 Å². The summed E-state index contributed by atoms with van der Waals surface area (Å²) in [4.78, 5) is 20.6.